The quantitative estimate of drug-likeness (QED) is 0.692. The molecule has 0 saturated carbocycles. The second-order valence-electron chi connectivity index (χ2n) is 3.81. The van der Waals surface area contributed by atoms with Crippen molar-refractivity contribution in [1.82, 2.24) is 9.97 Å². The summed E-state index contributed by atoms with van der Waals surface area (Å²) in [7, 11) is 0. The Labute approximate surface area is 118 Å². The zero-order chi connectivity index (χ0) is 13.0. The molecular weight excluding hydrogens is 312 g/mol. The predicted molar refractivity (Wildman–Crippen MR) is 77.9 cm³/mol. The molecule has 0 bridgehead atoms. The third kappa shape index (κ3) is 3.71. The fourth-order valence-corrected chi connectivity index (χ4v) is 2.58. The fraction of sp³-hybridized carbons (Fsp3) is 0.231. The number of aryl methyl sites for hydroxylation is 1. The van der Waals surface area contributed by atoms with Crippen LogP contribution in [0.5, 0.6) is 0 Å². The summed E-state index contributed by atoms with van der Waals surface area (Å²) in [5.74, 6) is 0.795. The van der Waals surface area contributed by atoms with Crippen LogP contribution >= 0.6 is 27.7 Å². The van der Waals surface area contributed by atoms with Gasteiger partial charge in [-0.1, -0.05) is 46.7 Å². The average molecular weight is 325 g/mol. The first-order chi connectivity index (χ1) is 8.67. The van der Waals surface area contributed by atoms with Crippen LogP contribution in [0.1, 0.15) is 18.2 Å². The van der Waals surface area contributed by atoms with Crippen molar-refractivity contribution in [3.8, 4) is 0 Å². The van der Waals surface area contributed by atoms with E-state index >= 15 is 0 Å². The monoisotopic (exact) mass is 324 g/mol. The van der Waals surface area contributed by atoms with E-state index in [0.717, 1.165) is 22.3 Å². The van der Waals surface area contributed by atoms with E-state index in [2.05, 4.69) is 38.0 Å². The molecule has 0 aliphatic heterocycles. The molecule has 3 nitrogen and oxygen atoms in total. The first-order valence-electron chi connectivity index (χ1n) is 5.65. The lowest BCUT2D eigenvalue weighted by Crippen LogP contribution is -2.09. The highest BCUT2D eigenvalue weighted by Crippen LogP contribution is 2.20. The van der Waals surface area contributed by atoms with Crippen LogP contribution in [0, 0.1) is 0 Å². The Morgan fingerprint density at radius 3 is 2.72 bits per heavy atom. The number of nitrogens with one attached hydrogen (secondary N) is 1. The van der Waals surface area contributed by atoms with Crippen molar-refractivity contribution >= 4 is 27.7 Å². The summed E-state index contributed by atoms with van der Waals surface area (Å²) < 4.78 is 1.07. The molecule has 0 amide bonds. The van der Waals surface area contributed by atoms with Crippen molar-refractivity contribution in [2.24, 2.45) is 0 Å². The van der Waals surface area contributed by atoms with Crippen molar-refractivity contribution in [3.63, 3.8) is 0 Å². The molecule has 0 unspecified atom stereocenters. The summed E-state index contributed by atoms with van der Waals surface area (Å²) in [5.41, 5.74) is 1.95. The lowest BCUT2D eigenvalue weighted by molar-refractivity contribution is 0.868. The molecule has 1 aromatic carbocycles. The van der Waals surface area contributed by atoms with E-state index in [1.165, 1.54) is 5.56 Å². The lowest BCUT2D eigenvalue weighted by Gasteiger charge is -2.03. The van der Waals surface area contributed by atoms with Crippen molar-refractivity contribution in [1.29, 1.82) is 0 Å². The van der Waals surface area contributed by atoms with E-state index in [9.17, 15) is 4.79 Å². The second kappa shape index (κ2) is 6.20. The highest BCUT2D eigenvalue weighted by molar-refractivity contribution is 9.10. The molecule has 0 spiro atoms. The summed E-state index contributed by atoms with van der Waals surface area (Å²) in [6.45, 7) is 1.99. The number of rotatable bonds is 4. The molecule has 0 fully saturated rings. The molecule has 94 valence electrons. The van der Waals surface area contributed by atoms with Crippen LogP contribution in [0.3, 0.4) is 0 Å². The maximum atomic E-state index is 11.4. The Morgan fingerprint density at radius 1 is 1.33 bits per heavy atom. The zero-order valence-corrected chi connectivity index (χ0v) is 12.3. The third-order valence-electron chi connectivity index (χ3n) is 2.42. The van der Waals surface area contributed by atoms with Crippen LogP contribution in [0.15, 0.2) is 44.8 Å². The number of thioether (sulfide) groups is 1. The van der Waals surface area contributed by atoms with E-state index in [4.69, 9.17) is 0 Å². The van der Waals surface area contributed by atoms with Crippen molar-refractivity contribution in [3.05, 3.63) is 56.4 Å². The lowest BCUT2D eigenvalue weighted by atomic mass is 10.2. The summed E-state index contributed by atoms with van der Waals surface area (Å²) in [4.78, 5) is 18.5. The van der Waals surface area contributed by atoms with Gasteiger partial charge in [0.05, 0.1) is 0 Å². The third-order valence-corrected chi connectivity index (χ3v) is 3.90. The maximum absolute atomic E-state index is 11.4. The number of hydrogen-bond donors (Lipinski definition) is 1. The summed E-state index contributed by atoms with van der Waals surface area (Å²) in [5, 5.41) is 0.683. The Kier molecular flexibility index (Phi) is 4.60. The van der Waals surface area contributed by atoms with Crippen molar-refractivity contribution < 1.29 is 0 Å². The molecule has 0 aliphatic rings. The first-order valence-corrected chi connectivity index (χ1v) is 7.42. The highest BCUT2D eigenvalue weighted by atomic mass is 79.9. The molecule has 18 heavy (non-hydrogen) atoms. The normalized spacial score (nSPS) is 10.6. The molecule has 1 N–H and O–H groups in total. The summed E-state index contributed by atoms with van der Waals surface area (Å²) in [6, 6.07) is 9.67. The van der Waals surface area contributed by atoms with Crippen LogP contribution in [-0.4, -0.2) is 9.97 Å². The van der Waals surface area contributed by atoms with Gasteiger partial charge < -0.3 is 4.98 Å². The zero-order valence-electron chi connectivity index (χ0n) is 9.94. The molecule has 0 atom stereocenters. The van der Waals surface area contributed by atoms with Crippen molar-refractivity contribution in [2.45, 2.75) is 24.3 Å². The van der Waals surface area contributed by atoms with Gasteiger partial charge in [-0.15, -0.1) is 0 Å². The number of benzene rings is 1. The van der Waals surface area contributed by atoms with Crippen LogP contribution in [0.25, 0.3) is 0 Å². The predicted octanol–water partition coefficient (Wildman–Crippen LogP) is 3.39. The number of halogens is 1. The van der Waals surface area contributed by atoms with Gasteiger partial charge in [0.15, 0.2) is 5.16 Å². The van der Waals surface area contributed by atoms with Gasteiger partial charge in [-0.2, -0.15) is 0 Å². The molecule has 1 aromatic heterocycles. The molecular formula is C13H13BrN2OS. The molecule has 0 aliphatic carbocycles. The highest BCUT2D eigenvalue weighted by Gasteiger charge is 2.01. The fourth-order valence-electron chi connectivity index (χ4n) is 1.47. The van der Waals surface area contributed by atoms with Crippen LogP contribution in [-0.2, 0) is 12.2 Å². The van der Waals surface area contributed by atoms with Crippen LogP contribution in [0.4, 0.5) is 0 Å². The number of hydrogen-bond acceptors (Lipinski definition) is 3. The number of aromatic nitrogens is 2. The van der Waals surface area contributed by atoms with E-state index in [0.29, 0.717) is 5.16 Å². The van der Waals surface area contributed by atoms with Crippen LogP contribution < -0.4 is 5.56 Å². The standard InChI is InChI=1S/C13H13BrN2OS/c1-2-11-7-12(17)16-13(15-11)18-8-9-3-5-10(14)6-4-9/h3-7H,2,8H2,1H3,(H,15,16,17). The Balaban J connectivity index is 2.08. The molecule has 0 radical (unpaired) electrons. The molecule has 2 aromatic rings. The summed E-state index contributed by atoms with van der Waals surface area (Å²) in [6.07, 6.45) is 0.774. The topological polar surface area (TPSA) is 45.8 Å². The SMILES string of the molecule is CCc1cc(=O)[nH]c(SCc2ccc(Br)cc2)n1. The largest absolute Gasteiger partial charge is 0.301 e. The van der Waals surface area contributed by atoms with Gasteiger partial charge >= 0.3 is 0 Å². The van der Waals surface area contributed by atoms with Gasteiger partial charge in [-0.05, 0) is 24.1 Å². The van der Waals surface area contributed by atoms with Crippen LogP contribution in [0.2, 0.25) is 0 Å². The molecule has 2 rings (SSSR count). The van der Waals surface area contributed by atoms with Gasteiger partial charge in [-0.25, -0.2) is 4.98 Å². The van der Waals surface area contributed by atoms with Gasteiger partial charge in [-0.3, -0.25) is 4.79 Å². The van der Waals surface area contributed by atoms with Gasteiger partial charge in [0.1, 0.15) is 0 Å². The first kappa shape index (κ1) is 13.4. The van der Waals surface area contributed by atoms with Crippen molar-refractivity contribution in [2.75, 3.05) is 0 Å². The van der Waals surface area contributed by atoms with Gasteiger partial charge in [0.2, 0.25) is 0 Å². The minimum Gasteiger partial charge on any atom is -0.301 e. The summed E-state index contributed by atoms with van der Waals surface area (Å²) >= 11 is 4.94. The number of H-pyrrole nitrogens is 1. The second-order valence-corrected chi connectivity index (χ2v) is 5.69. The Bertz CT molecular complexity index is 580. The van der Waals surface area contributed by atoms with E-state index in [1.54, 1.807) is 17.8 Å². The molecule has 1 heterocycles. The average Bonchev–Trinajstić information content (AvgIpc) is 2.37. The minimum atomic E-state index is -0.0832. The Hall–Kier alpha value is -1.07. The van der Waals surface area contributed by atoms with E-state index in [-0.39, 0.29) is 5.56 Å². The minimum absolute atomic E-state index is 0.0832. The van der Waals surface area contributed by atoms with E-state index in [1.807, 2.05) is 19.1 Å². The maximum Gasteiger partial charge on any atom is 0.251 e. The smallest absolute Gasteiger partial charge is 0.251 e. The molecule has 5 heteroatoms. The van der Waals surface area contributed by atoms with E-state index < -0.39 is 0 Å². The number of nitrogens with zero attached hydrogens (tertiary/aromatic N) is 1. The Morgan fingerprint density at radius 2 is 2.06 bits per heavy atom. The molecule has 0 saturated heterocycles. The number of aromatic amines is 1. The van der Waals surface area contributed by atoms with Gasteiger partial charge in [0, 0.05) is 22.0 Å². The van der Waals surface area contributed by atoms with Gasteiger partial charge in [0.25, 0.3) is 5.56 Å².